The van der Waals surface area contributed by atoms with Crippen molar-refractivity contribution < 1.29 is 23.1 Å². The van der Waals surface area contributed by atoms with Gasteiger partial charge in [-0.2, -0.15) is 0 Å². The Morgan fingerprint density at radius 2 is 1.97 bits per heavy atom. The van der Waals surface area contributed by atoms with Gasteiger partial charge in [-0.05, 0) is 47.7 Å². The number of likely N-dealkylation sites (tertiary alicyclic amines) is 1. The monoisotopic (exact) mass is 425 g/mol. The molecule has 3 aliphatic rings. The molecule has 2 aromatic carbocycles. The number of nitrogens with zero attached hydrogens (tertiary/aromatic N) is 2. The molecule has 2 aromatic rings. The van der Waals surface area contributed by atoms with Crippen molar-refractivity contribution in [3.05, 3.63) is 65.2 Å². The number of halogens is 2. The molecule has 1 saturated heterocycles. The fraction of sp³-hybridized carbons (Fsp3) is 0.304. The maximum absolute atomic E-state index is 14.2. The zero-order chi connectivity index (χ0) is 21.7. The van der Waals surface area contributed by atoms with Gasteiger partial charge in [-0.1, -0.05) is 18.2 Å². The summed E-state index contributed by atoms with van der Waals surface area (Å²) in [6.45, 7) is 0.248. The Balaban J connectivity index is 1.31. The van der Waals surface area contributed by atoms with Gasteiger partial charge in [0.05, 0.1) is 25.4 Å². The van der Waals surface area contributed by atoms with E-state index in [1.54, 1.807) is 12.0 Å². The van der Waals surface area contributed by atoms with E-state index in [-0.39, 0.29) is 42.2 Å². The van der Waals surface area contributed by atoms with Gasteiger partial charge in [0, 0.05) is 12.1 Å². The largest absolute Gasteiger partial charge is 0.497 e. The van der Waals surface area contributed by atoms with Crippen molar-refractivity contribution in [2.75, 3.05) is 25.5 Å². The first kappa shape index (κ1) is 19.5. The first-order valence-corrected chi connectivity index (χ1v) is 10.1. The van der Waals surface area contributed by atoms with Gasteiger partial charge in [-0.25, -0.2) is 13.6 Å². The maximum atomic E-state index is 14.2. The van der Waals surface area contributed by atoms with E-state index < -0.39 is 17.7 Å². The summed E-state index contributed by atoms with van der Waals surface area (Å²) in [5, 5.41) is 2.54. The van der Waals surface area contributed by atoms with Crippen molar-refractivity contribution in [1.82, 2.24) is 9.80 Å². The van der Waals surface area contributed by atoms with E-state index in [2.05, 4.69) is 11.4 Å². The van der Waals surface area contributed by atoms with Crippen LogP contribution in [0.4, 0.5) is 19.3 Å². The van der Waals surface area contributed by atoms with Crippen LogP contribution in [0.5, 0.6) is 5.75 Å². The van der Waals surface area contributed by atoms with E-state index in [0.717, 1.165) is 29.4 Å². The second kappa shape index (κ2) is 7.37. The molecule has 1 fully saturated rings. The summed E-state index contributed by atoms with van der Waals surface area (Å²) in [4.78, 5) is 28.5. The maximum Gasteiger partial charge on any atom is 0.322 e. The molecule has 0 spiro atoms. The van der Waals surface area contributed by atoms with E-state index in [4.69, 9.17) is 4.74 Å². The number of nitrogens with one attached hydrogen (secondary N) is 1. The summed E-state index contributed by atoms with van der Waals surface area (Å²) in [5.74, 6) is -1.15. The number of hydrogen-bond acceptors (Lipinski definition) is 3. The predicted octanol–water partition coefficient (Wildman–Crippen LogP) is 3.64. The number of anilines is 1. The molecular formula is C23H21F2N3O3. The fourth-order valence-corrected chi connectivity index (χ4v) is 4.70. The number of rotatable bonds is 4. The summed E-state index contributed by atoms with van der Waals surface area (Å²) in [5.41, 5.74) is 2.41. The average Bonchev–Trinajstić information content (AvgIpc) is 3.39. The van der Waals surface area contributed by atoms with Crippen LogP contribution in [-0.4, -0.2) is 48.0 Å². The number of carbonyl (C=O) groups is 2. The minimum absolute atomic E-state index is 0.0501. The standard InChI is InChI=1S/C23H21F2N3O3/c1-31-15-4-2-14(3-5-15)16-8-13-9-20(16)28(10-13)21(29)12-27-11-17-19(26-23(27)30)7-6-18(24)22(17)25/h2-8,13,20H,9-12H2,1H3,(H,26,30)/t13-,20-/m1/s1. The Labute approximate surface area is 178 Å². The number of urea groups is 1. The van der Waals surface area contributed by atoms with Crippen LogP contribution in [0.25, 0.3) is 5.57 Å². The zero-order valence-electron chi connectivity index (χ0n) is 16.9. The molecular weight excluding hydrogens is 404 g/mol. The van der Waals surface area contributed by atoms with Crippen LogP contribution >= 0.6 is 0 Å². The highest BCUT2D eigenvalue weighted by atomic mass is 19.2. The van der Waals surface area contributed by atoms with E-state index >= 15 is 0 Å². The lowest BCUT2D eigenvalue weighted by Gasteiger charge is -2.33. The lowest BCUT2D eigenvalue weighted by molar-refractivity contribution is -0.132. The van der Waals surface area contributed by atoms with Gasteiger partial charge in [-0.3, -0.25) is 4.79 Å². The van der Waals surface area contributed by atoms with Crippen molar-refractivity contribution in [3.63, 3.8) is 0 Å². The molecule has 0 unspecified atom stereocenters. The lowest BCUT2D eigenvalue weighted by Crippen LogP contribution is -2.48. The predicted molar refractivity (Wildman–Crippen MR) is 110 cm³/mol. The van der Waals surface area contributed by atoms with Crippen LogP contribution in [0.1, 0.15) is 17.5 Å². The molecule has 2 atom stereocenters. The minimum atomic E-state index is -1.00. The van der Waals surface area contributed by atoms with Crippen molar-refractivity contribution >= 4 is 23.2 Å². The third-order valence-corrected chi connectivity index (χ3v) is 6.25. The summed E-state index contributed by atoms with van der Waals surface area (Å²) in [6.07, 6.45) is 3.06. The Bertz CT molecular complexity index is 1100. The number of methoxy groups -OCH3 is 1. The molecule has 0 aromatic heterocycles. The Hall–Kier alpha value is -3.42. The quantitative estimate of drug-likeness (QED) is 0.814. The highest BCUT2D eigenvalue weighted by Gasteiger charge is 2.42. The summed E-state index contributed by atoms with van der Waals surface area (Å²) in [6, 6.07) is 9.47. The molecule has 3 amide bonds. The number of ether oxygens (including phenoxy) is 1. The van der Waals surface area contributed by atoms with E-state index in [9.17, 15) is 18.4 Å². The van der Waals surface area contributed by atoms with Crippen molar-refractivity contribution in [1.29, 1.82) is 0 Å². The van der Waals surface area contributed by atoms with Crippen LogP contribution < -0.4 is 10.1 Å². The van der Waals surface area contributed by atoms with Crippen LogP contribution in [0.2, 0.25) is 0 Å². The number of amides is 3. The van der Waals surface area contributed by atoms with E-state index in [1.165, 1.54) is 11.0 Å². The Kier molecular flexibility index (Phi) is 4.64. The van der Waals surface area contributed by atoms with Crippen LogP contribution in [0.3, 0.4) is 0 Å². The number of carbonyl (C=O) groups excluding carboxylic acids is 2. The lowest BCUT2D eigenvalue weighted by atomic mass is 10.00. The number of fused-ring (bicyclic) bond motifs is 3. The Morgan fingerprint density at radius 1 is 1.19 bits per heavy atom. The van der Waals surface area contributed by atoms with Crippen molar-refractivity contribution in [2.45, 2.75) is 19.0 Å². The number of hydrogen-bond donors (Lipinski definition) is 1. The molecule has 1 aliphatic carbocycles. The highest BCUT2D eigenvalue weighted by Crippen LogP contribution is 2.42. The summed E-state index contributed by atoms with van der Waals surface area (Å²) < 4.78 is 33.0. The SMILES string of the molecule is COc1ccc(C2=C[C@@H]3C[C@H]2N(C(=O)CN2Cc4c(ccc(F)c4F)NC2=O)C3)cc1. The van der Waals surface area contributed by atoms with Crippen molar-refractivity contribution in [2.24, 2.45) is 5.92 Å². The fourth-order valence-electron chi connectivity index (χ4n) is 4.70. The van der Waals surface area contributed by atoms with Gasteiger partial charge >= 0.3 is 6.03 Å². The molecule has 0 saturated carbocycles. The topological polar surface area (TPSA) is 61.9 Å². The third kappa shape index (κ3) is 3.32. The normalized spacial score (nSPS) is 21.6. The molecule has 160 valence electrons. The first-order valence-electron chi connectivity index (χ1n) is 10.1. The molecule has 5 rings (SSSR count). The van der Waals surface area contributed by atoms with Gasteiger partial charge < -0.3 is 19.9 Å². The van der Waals surface area contributed by atoms with Gasteiger partial charge in [0.25, 0.3) is 0 Å². The summed E-state index contributed by atoms with van der Waals surface area (Å²) in [7, 11) is 1.61. The molecule has 2 heterocycles. The second-order valence-electron chi connectivity index (χ2n) is 8.08. The second-order valence-corrected chi connectivity index (χ2v) is 8.08. The highest BCUT2D eigenvalue weighted by molar-refractivity contribution is 5.95. The molecule has 6 nitrogen and oxygen atoms in total. The van der Waals surface area contributed by atoms with Gasteiger partial charge in [0.1, 0.15) is 12.3 Å². The summed E-state index contributed by atoms with van der Waals surface area (Å²) >= 11 is 0. The van der Waals surface area contributed by atoms with Crippen LogP contribution in [0, 0.1) is 17.6 Å². The molecule has 31 heavy (non-hydrogen) atoms. The van der Waals surface area contributed by atoms with Crippen LogP contribution in [-0.2, 0) is 11.3 Å². The third-order valence-electron chi connectivity index (χ3n) is 6.25. The molecule has 0 radical (unpaired) electrons. The average molecular weight is 425 g/mol. The zero-order valence-corrected chi connectivity index (χ0v) is 16.9. The first-order chi connectivity index (χ1) is 14.9. The molecule has 2 bridgehead atoms. The smallest absolute Gasteiger partial charge is 0.322 e. The van der Waals surface area contributed by atoms with Gasteiger partial charge in [0.15, 0.2) is 11.6 Å². The minimum Gasteiger partial charge on any atom is -0.497 e. The molecule has 2 aliphatic heterocycles. The van der Waals surface area contributed by atoms with Crippen LogP contribution in [0.15, 0.2) is 42.5 Å². The van der Waals surface area contributed by atoms with Gasteiger partial charge in [-0.15, -0.1) is 0 Å². The molecule has 1 N–H and O–H groups in total. The van der Waals surface area contributed by atoms with E-state index in [0.29, 0.717) is 6.54 Å². The van der Waals surface area contributed by atoms with Gasteiger partial charge in [0.2, 0.25) is 5.91 Å². The Morgan fingerprint density at radius 3 is 2.68 bits per heavy atom. The molecule has 8 heteroatoms. The number of benzene rings is 2. The van der Waals surface area contributed by atoms with Crippen molar-refractivity contribution in [3.8, 4) is 5.75 Å². The van der Waals surface area contributed by atoms with E-state index in [1.807, 2.05) is 24.3 Å².